The van der Waals surface area contributed by atoms with Gasteiger partial charge in [-0.05, 0) is 62.4 Å². The Morgan fingerprint density at radius 3 is 2.00 bits per heavy atom. The lowest BCUT2D eigenvalue weighted by molar-refractivity contribution is -0.122. The summed E-state index contributed by atoms with van der Waals surface area (Å²) < 4.78 is 5.77. The number of nitrogens with one attached hydrogen (secondary N) is 1. The van der Waals surface area contributed by atoms with Crippen LogP contribution < -0.4 is 10.1 Å². The van der Waals surface area contributed by atoms with E-state index in [1.54, 1.807) is 6.92 Å². The number of hydrogen-bond donors (Lipinski definition) is 1. The van der Waals surface area contributed by atoms with Crippen LogP contribution in [-0.2, 0) is 4.79 Å². The van der Waals surface area contributed by atoms with E-state index in [4.69, 9.17) is 4.74 Å². The largest absolute Gasteiger partial charge is 0.481 e. The lowest BCUT2D eigenvalue weighted by Crippen LogP contribution is -2.30. The van der Waals surface area contributed by atoms with Crippen LogP contribution in [0.1, 0.15) is 48.9 Å². The number of carbonyl (C=O) groups excluding carboxylic acids is 1. The molecule has 1 atom stereocenters. The first-order valence-electron chi connectivity index (χ1n) is 8.43. The van der Waals surface area contributed by atoms with Crippen LogP contribution in [0.15, 0.2) is 36.4 Å². The molecule has 1 N–H and O–H groups in total. The summed E-state index contributed by atoms with van der Waals surface area (Å²) in [6.45, 7) is 12.1. The van der Waals surface area contributed by atoms with Gasteiger partial charge in [0.1, 0.15) is 5.75 Å². The fourth-order valence-electron chi connectivity index (χ4n) is 2.79. The quantitative estimate of drug-likeness (QED) is 0.826. The number of carbonyl (C=O) groups is 1. The molecule has 2 aromatic rings. The summed E-state index contributed by atoms with van der Waals surface area (Å²) in [5.41, 5.74) is 5.45. The van der Waals surface area contributed by atoms with Gasteiger partial charge < -0.3 is 10.1 Å². The van der Waals surface area contributed by atoms with Gasteiger partial charge in [-0.25, -0.2) is 0 Å². The summed E-state index contributed by atoms with van der Waals surface area (Å²) in [6.07, 6.45) is -0.560. The normalized spacial score (nSPS) is 12.1. The molecule has 0 fully saturated rings. The maximum Gasteiger partial charge on any atom is 0.265 e. The Morgan fingerprint density at radius 2 is 1.50 bits per heavy atom. The Morgan fingerprint density at radius 1 is 0.958 bits per heavy atom. The van der Waals surface area contributed by atoms with Gasteiger partial charge in [0, 0.05) is 5.69 Å². The van der Waals surface area contributed by atoms with Crippen molar-refractivity contribution < 1.29 is 9.53 Å². The van der Waals surface area contributed by atoms with Gasteiger partial charge >= 0.3 is 0 Å². The lowest BCUT2D eigenvalue weighted by atomic mass is 10.0. The fraction of sp³-hybridized carbons (Fsp3) is 0.381. The molecule has 2 rings (SSSR count). The molecule has 0 aromatic heterocycles. The predicted octanol–water partition coefficient (Wildman–Crippen LogP) is 5.14. The van der Waals surface area contributed by atoms with Crippen LogP contribution in [0, 0.1) is 20.8 Å². The van der Waals surface area contributed by atoms with Crippen molar-refractivity contribution in [1.82, 2.24) is 0 Å². The van der Waals surface area contributed by atoms with Gasteiger partial charge in [-0.1, -0.05) is 43.7 Å². The van der Waals surface area contributed by atoms with E-state index >= 15 is 0 Å². The van der Waals surface area contributed by atoms with E-state index in [-0.39, 0.29) is 5.91 Å². The number of aryl methyl sites for hydroxylation is 3. The second-order valence-electron chi connectivity index (χ2n) is 6.75. The van der Waals surface area contributed by atoms with E-state index in [2.05, 4.69) is 38.2 Å². The summed E-state index contributed by atoms with van der Waals surface area (Å²) in [4.78, 5) is 12.4. The van der Waals surface area contributed by atoms with E-state index in [1.165, 1.54) is 11.1 Å². The van der Waals surface area contributed by atoms with Crippen LogP contribution >= 0.6 is 0 Å². The number of hydrogen-bond acceptors (Lipinski definition) is 2. The zero-order valence-corrected chi connectivity index (χ0v) is 15.4. The number of ether oxygens (including phenoxy) is 1. The molecule has 0 spiro atoms. The Bertz CT molecular complexity index is 694. The van der Waals surface area contributed by atoms with Gasteiger partial charge in [-0.3, -0.25) is 4.79 Å². The molecule has 3 heteroatoms. The Labute approximate surface area is 145 Å². The second-order valence-corrected chi connectivity index (χ2v) is 6.75. The SMILES string of the molecule is Cc1cc(C)c(NC(=O)C(C)Oc2ccc(C(C)C)cc2)c(C)c1. The van der Waals surface area contributed by atoms with Crippen molar-refractivity contribution in [3.8, 4) is 5.75 Å². The van der Waals surface area contributed by atoms with Crippen molar-refractivity contribution in [3.63, 3.8) is 0 Å². The second kappa shape index (κ2) is 7.52. The van der Waals surface area contributed by atoms with E-state index in [9.17, 15) is 4.79 Å². The molecule has 0 aliphatic heterocycles. The van der Waals surface area contributed by atoms with Crippen LogP contribution in [0.4, 0.5) is 5.69 Å². The molecule has 3 nitrogen and oxygen atoms in total. The molecule has 1 amide bonds. The van der Waals surface area contributed by atoms with Crippen LogP contribution in [0.3, 0.4) is 0 Å². The van der Waals surface area contributed by atoms with E-state index in [0.717, 1.165) is 16.8 Å². The van der Waals surface area contributed by atoms with Crippen molar-refractivity contribution in [2.24, 2.45) is 0 Å². The van der Waals surface area contributed by atoms with Crippen LogP contribution in [0.5, 0.6) is 5.75 Å². The molecule has 2 aromatic carbocycles. The Hall–Kier alpha value is -2.29. The topological polar surface area (TPSA) is 38.3 Å². The number of benzene rings is 2. The molecule has 0 aliphatic rings. The van der Waals surface area contributed by atoms with Gasteiger partial charge in [0.05, 0.1) is 0 Å². The van der Waals surface area contributed by atoms with Crippen LogP contribution in [0.25, 0.3) is 0 Å². The van der Waals surface area contributed by atoms with Crippen LogP contribution in [0.2, 0.25) is 0 Å². The van der Waals surface area contributed by atoms with Crippen molar-refractivity contribution in [3.05, 3.63) is 58.7 Å². The molecule has 0 heterocycles. The average molecular weight is 325 g/mol. The molecule has 1 unspecified atom stereocenters. The molecule has 0 radical (unpaired) electrons. The first-order valence-corrected chi connectivity index (χ1v) is 8.43. The zero-order valence-electron chi connectivity index (χ0n) is 15.4. The Kier molecular flexibility index (Phi) is 5.66. The summed E-state index contributed by atoms with van der Waals surface area (Å²) in [7, 11) is 0. The molecular weight excluding hydrogens is 298 g/mol. The average Bonchev–Trinajstić information content (AvgIpc) is 2.51. The maximum absolute atomic E-state index is 12.4. The number of amides is 1. The zero-order chi connectivity index (χ0) is 17.9. The van der Waals surface area contributed by atoms with Crippen LogP contribution in [-0.4, -0.2) is 12.0 Å². The first-order chi connectivity index (χ1) is 11.3. The predicted molar refractivity (Wildman–Crippen MR) is 99.9 cm³/mol. The molecule has 0 aliphatic carbocycles. The summed E-state index contributed by atoms with van der Waals surface area (Å²) in [5.74, 6) is 1.05. The highest BCUT2D eigenvalue weighted by Gasteiger charge is 2.17. The standard InChI is InChI=1S/C21H27NO2/c1-13(2)18-7-9-19(10-8-18)24-17(6)21(23)22-20-15(4)11-14(3)12-16(20)5/h7-13,17H,1-6H3,(H,22,23). The smallest absolute Gasteiger partial charge is 0.265 e. The van der Waals surface area contributed by atoms with Gasteiger partial charge in [0.15, 0.2) is 6.10 Å². The number of anilines is 1. The molecule has 0 saturated carbocycles. The van der Waals surface area contributed by atoms with Crippen molar-refractivity contribution in [2.45, 2.75) is 53.6 Å². The third-order valence-corrected chi connectivity index (χ3v) is 4.15. The highest BCUT2D eigenvalue weighted by atomic mass is 16.5. The Balaban J connectivity index is 2.05. The molecule has 0 bridgehead atoms. The highest BCUT2D eigenvalue weighted by Crippen LogP contribution is 2.23. The molecular formula is C21H27NO2. The van der Waals surface area contributed by atoms with Crippen molar-refractivity contribution in [1.29, 1.82) is 0 Å². The van der Waals surface area contributed by atoms with Gasteiger partial charge in [-0.2, -0.15) is 0 Å². The summed E-state index contributed by atoms with van der Waals surface area (Å²) in [6, 6.07) is 12.1. The van der Waals surface area contributed by atoms with Gasteiger partial charge in [0.25, 0.3) is 5.91 Å². The number of rotatable bonds is 5. The maximum atomic E-state index is 12.4. The van der Waals surface area contributed by atoms with E-state index < -0.39 is 6.10 Å². The van der Waals surface area contributed by atoms with E-state index in [0.29, 0.717) is 11.7 Å². The van der Waals surface area contributed by atoms with E-state index in [1.807, 2.05) is 38.1 Å². The van der Waals surface area contributed by atoms with Gasteiger partial charge in [0.2, 0.25) is 0 Å². The minimum Gasteiger partial charge on any atom is -0.481 e. The highest BCUT2D eigenvalue weighted by molar-refractivity contribution is 5.95. The molecule has 0 saturated heterocycles. The first kappa shape index (κ1) is 18.1. The molecule has 24 heavy (non-hydrogen) atoms. The fourth-order valence-corrected chi connectivity index (χ4v) is 2.79. The minimum atomic E-state index is -0.560. The summed E-state index contributed by atoms with van der Waals surface area (Å²) >= 11 is 0. The lowest BCUT2D eigenvalue weighted by Gasteiger charge is -2.18. The monoisotopic (exact) mass is 325 g/mol. The summed E-state index contributed by atoms with van der Waals surface area (Å²) in [5, 5.41) is 2.99. The van der Waals surface area contributed by atoms with Crippen molar-refractivity contribution in [2.75, 3.05) is 5.32 Å². The third kappa shape index (κ3) is 4.38. The van der Waals surface area contributed by atoms with Crippen molar-refractivity contribution >= 4 is 11.6 Å². The minimum absolute atomic E-state index is 0.141. The third-order valence-electron chi connectivity index (χ3n) is 4.15. The van der Waals surface area contributed by atoms with Gasteiger partial charge in [-0.15, -0.1) is 0 Å². The molecule has 128 valence electrons.